The fourth-order valence-corrected chi connectivity index (χ4v) is 3.68. The summed E-state index contributed by atoms with van der Waals surface area (Å²) in [6.07, 6.45) is 2.06. The Morgan fingerprint density at radius 3 is 2.75 bits per heavy atom. The standard InChI is InChI=1S/C16H20BrNOS/c1-12(11-13-5-3-4-6-15(13)19-2)18-10-9-14-7-8-16(17)20-14/h3-8,12,18H,9-11H2,1-2H3. The zero-order chi connectivity index (χ0) is 14.4. The van der Waals surface area contributed by atoms with Gasteiger partial charge in [0.25, 0.3) is 0 Å². The Hall–Kier alpha value is -0.840. The summed E-state index contributed by atoms with van der Waals surface area (Å²) in [5, 5.41) is 3.58. The third kappa shape index (κ3) is 4.62. The number of benzene rings is 1. The maximum atomic E-state index is 5.39. The highest BCUT2D eigenvalue weighted by Gasteiger charge is 2.07. The van der Waals surface area contributed by atoms with Crippen LogP contribution in [0.25, 0.3) is 0 Å². The summed E-state index contributed by atoms with van der Waals surface area (Å²) >= 11 is 5.30. The van der Waals surface area contributed by atoms with E-state index in [4.69, 9.17) is 4.74 Å². The van der Waals surface area contributed by atoms with Gasteiger partial charge in [0.1, 0.15) is 5.75 Å². The second kappa shape index (κ2) is 7.81. The first-order valence-corrected chi connectivity index (χ1v) is 8.39. The zero-order valence-corrected chi connectivity index (χ0v) is 14.3. The molecular weight excluding hydrogens is 334 g/mol. The summed E-state index contributed by atoms with van der Waals surface area (Å²) < 4.78 is 6.59. The molecule has 1 N–H and O–H groups in total. The largest absolute Gasteiger partial charge is 0.496 e. The van der Waals surface area contributed by atoms with Crippen LogP contribution in [0.3, 0.4) is 0 Å². The van der Waals surface area contributed by atoms with E-state index < -0.39 is 0 Å². The van der Waals surface area contributed by atoms with Crippen LogP contribution in [0.4, 0.5) is 0 Å². The van der Waals surface area contributed by atoms with Gasteiger partial charge in [-0.2, -0.15) is 0 Å². The molecule has 2 rings (SSSR count). The molecule has 1 unspecified atom stereocenters. The lowest BCUT2D eigenvalue weighted by atomic mass is 10.1. The highest BCUT2D eigenvalue weighted by atomic mass is 79.9. The van der Waals surface area contributed by atoms with Crippen molar-refractivity contribution in [2.45, 2.75) is 25.8 Å². The van der Waals surface area contributed by atoms with E-state index >= 15 is 0 Å². The van der Waals surface area contributed by atoms with Gasteiger partial charge in [-0.25, -0.2) is 0 Å². The first kappa shape index (κ1) is 15.5. The lowest BCUT2D eigenvalue weighted by molar-refractivity contribution is 0.406. The van der Waals surface area contributed by atoms with Gasteiger partial charge in [0.2, 0.25) is 0 Å². The van der Waals surface area contributed by atoms with Crippen LogP contribution in [0.1, 0.15) is 17.4 Å². The Morgan fingerprint density at radius 2 is 2.05 bits per heavy atom. The predicted molar refractivity (Wildman–Crippen MR) is 89.9 cm³/mol. The predicted octanol–water partition coefficient (Wildman–Crippen LogP) is 4.28. The fraction of sp³-hybridized carbons (Fsp3) is 0.375. The van der Waals surface area contributed by atoms with E-state index in [1.165, 1.54) is 14.2 Å². The van der Waals surface area contributed by atoms with E-state index in [0.29, 0.717) is 6.04 Å². The molecule has 1 heterocycles. The van der Waals surface area contributed by atoms with Crippen LogP contribution in [0, 0.1) is 0 Å². The van der Waals surface area contributed by atoms with Crippen molar-refractivity contribution in [3.8, 4) is 5.75 Å². The SMILES string of the molecule is COc1ccccc1CC(C)NCCc1ccc(Br)s1. The molecule has 0 aliphatic rings. The molecule has 1 aromatic carbocycles. The van der Waals surface area contributed by atoms with Crippen molar-refractivity contribution in [3.63, 3.8) is 0 Å². The fourth-order valence-electron chi connectivity index (χ4n) is 2.20. The average Bonchev–Trinajstić information content (AvgIpc) is 2.85. The van der Waals surface area contributed by atoms with Crippen LogP contribution in [-0.2, 0) is 12.8 Å². The molecule has 0 saturated heterocycles. The van der Waals surface area contributed by atoms with Crippen LogP contribution in [-0.4, -0.2) is 19.7 Å². The number of rotatable bonds is 7. The Kier molecular flexibility index (Phi) is 6.07. The highest BCUT2D eigenvalue weighted by Crippen LogP contribution is 2.22. The monoisotopic (exact) mass is 353 g/mol. The van der Waals surface area contributed by atoms with Gasteiger partial charge in [0.15, 0.2) is 0 Å². The number of nitrogens with one attached hydrogen (secondary N) is 1. The van der Waals surface area contributed by atoms with Crippen molar-refractivity contribution < 1.29 is 4.74 Å². The van der Waals surface area contributed by atoms with Crippen LogP contribution >= 0.6 is 27.3 Å². The molecule has 0 saturated carbocycles. The van der Waals surface area contributed by atoms with Gasteiger partial charge in [-0.3, -0.25) is 0 Å². The summed E-state index contributed by atoms with van der Waals surface area (Å²) in [6, 6.07) is 13.0. The molecule has 0 spiro atoms. The molecule has 20 heavy (non-hydrogen) atoms. The summed E-state index contributed by atoms with van der Waals surface area (Å²) in [4.78, 5) is 1.41. The van der Waals surface area contributed by atoms with Crippen molar-refractivity contribution in [1.29, 1.82) is 0 Å². The molecule has 108 valence electrons. The number of hydrogen-bond acceptors (Lipinski definition) is 3. The number of hydrogen-bond donors (Lipinski definition) is 1. The van der Waals surface area contributed by atoms with E-state index in [1.807, 2.05) is 12.1 Å². The minimum absolute atomic E-state index is 0.440. The zero-order valence-electron chi connectivity index (χ0n) is 11.9. The lowest BCUT2D eigenvalue weighted by Gasteiger charge is -2.15. The second-order valence-electron chi connectivity index (χ2n) is 4.83. The molecule has 0 radical (unpaired) electrons. The van der Waals surface area contributed by atoms with Crippen molar-refractivity contribution in [3.05, 3.63) is 50.6 Å². The number of methoxy groups -OCH3 is 1. The van der Waals surface area contributed by atoms with Crippen molar-refractivity contribution in [1.82, 2.24) is 5.32 Å². The molecule has 0 aliphatic carbocycles. The Balaban J connectivity index is 1.79. The first-order chi connectivity index (χ1) is 9.69. The number of thiophene rings is 1. The van der Waals surface area contributed by atoms with E-state index in [0.717, 1.165) is 25.1 Å². The average molecular weight is 354 g/mol. The molecule has 1 atom stereocenters. The van der Waals surface area contributed by atoms with E-state index in [2.05, 4.69) is 52.4 Å². The lowest BCUT2D eigenvalue weighted by Crippen LogP contribution is -2.29. The summed E-state index contributed by atoms with van der Waals surface area (Å²) in [7, 11) is 1.73. The van der Waals surface area contributed by atoms with E-state index in [9.17, 15) is 0 Å². The van der Waals surface area contributed by atoms with Gasteiger partial charge in [-0.15, -0.1) is 11.3 Å². The maximum Gasteiger partial charge on any atom is 0.122 e. The number of halogens is 1. The molecule has 0 bridgehead atoms. The van der Waals surface area contributed by atoms with E-state index in [-0.39, 0.29) is 0 Å². The quantitative estimate of drug-likeness (QED) is 0.801. The van der Waals surface area contributed by atoms with E-state index in [1.54, 1.807) is 18.4 Å². The highest BCUT2D eigenvalue weighted by molar-refractivity contribution is 9.11. The molecule has 4 heteroatoms. The summed E-state index contributed by atoms with van der Waals surface area (Å²) in [5.74, 6) is 0.975. The van der Waals surface area contributed by atoms with Gasteiger partial charge in [0.05, 0.1) is 10.9 Å². The number of para-hydroxylation sites is 1. The Labute approximate surface area is 133 Å². The van der Waals surface area contributed by atoms with Gasteiger partial charge in [-0.1, -0.05) is 18.2 Å². The van der Waals surface area contributed by atoms with Crippen LogP contribution in [0.5, 0.6) is 5.75 Å². The van der Waals surface area contributed by atoms with Gasteiger partial charge >= 0.3 is 0 Å². The molecular formula is C16H20BrNOS. The Morgan fingerprint density at radius 1 is 1.25 bits per heavy atom. The van der Waals surface area contributed by atoms with Crippen molar-refractivity contribution in [2.24, 2.45) is 0 Å². The number of ether oxygens (including phenoxy) is 1. The molecule has 0 aliphatic heterocycles. The minimum atomic E-state index is 0.440. The van der Waals surface area contributed by atoms with Crippen molar-refractivity contribution >= 4 is 27.3 Å². The molecule has 2 nitrogen and oxygen atoms in total. The normalized spacial score (nSPS) is 12.3. The van der Waals surface area contributed by atoms with Gasteiger partial charge in [-0.05, 0) is 59.5 Å². The summed E-state index contributed by atoms with van der Waals surface area (Å²) in [5.41, 5.74) is 1.26. The summed E-state index contributed by atoms with van der Waals surface area (Å²) in [6.45, 7) is 3.22. The minimum Gasteiger partial charge on any atom is -0.496 e. The molecule has 0 fully saturated rings. The third-order valence-electron chi connectivity index (χ3n) is 3.21. The Bertz CT molecular complexity index is 541. The maximum absolute atomic E-state index is 5.39. The first-order valence-electron chi connectivity index (χ1n) is 6.78. The second-order valence-corrected chi connectivity index (χ2v) is 7.37. The van der Waals surface area contributed by atoms with Gasteiger partial charge < -0.3 is 10.1 Å². The smallest absolute Gasteiger partial charge is 0.122 e. The van der Waals surface area contributed by atoms with Crippen LogP contribution in [0.15, 0.2) is 40.2 Å². The van der Waals surface area contributed by atoms with Gasteiger partial charge in [0, 0.05) is 17.5 Å². The topological polar surface area (TPSA) is 21.3 Å². The molecule has 1 aromatic heterocycles. The third-order valence-corrected chi connectivity index (χ3v) is 4.90. The molecule has 0 amide bonds. The van der Waals surface area contributed by atoms with Crippen LogP contribution < -0.4 is 10.1 Å². The van der Waals surface area contributed by atoms with Crippen molar-refractivity contribution in [2.75, 3.05) is 13.7 Å². The molecule has 2 aromatic rings. The van der Waals surface area contributed by atoms with Crippen LogP contribution in [0.2, 0.25) is 0 Å².